The zero-order valence-corrected chi connectivity index (χ0v) is 15.2. The fraction of sp³-hybridized carbons (Fsp3) is 0.250. The highest BCUT2D eigenvalue weighted by Gasteiger charge is 2.28. The van der Waals surface area contributed by atoms with Gasteiger partial charge in [-0.2, -0.15) is 0 Å². The summed E-state index contributed by atoms with van der Waals surface area (Å²) in [6.07, 6.45) is 0.563. The van der Waals surface area contributed by atoms with E-state index in [2.05, 4.69) is 0 Å². The number of hydrogen-bond donors (Lipinski definition) is 0. The van der Waals surface area contributed by atoms with Gasteiger partial charge in [0.1, 0.15) is 0 Å². The molecule has 1 fully saturated rings. The minimum absolute atomic E-state index is 0.107. The van der Waals surface area contributed by atoms with E-state index in [1.807, 2.05) is 18.2 Å². The summed E-state index contributed by atoms with van der Waals surface area (Å²) in [4.78, 5) is 38.8. The number of carbonyl (C=O) groups is 3. The zero-order valence-electron chi connectivity index (χ0n) is 14.4. The molecule has 3 amide bonds. The van der Waals surface area contributed by atoms with Crippen molar-refractivity contribution in [3.63, 3.8) is 0 Å². The molecule has 1 aliphatic rings. The van der Waals surface area contributed by atoms with Crippen LogP contribution in [0.4, 0.5) is 0 Å². The molecule has 0 unspecified atom stereocenters. The van der Waals surface area contributed by atoms with Crippen LogP contribution in [0.3, 0.4) is 0 Å². The standard InChI is InChI=1S/C20H19ClN2O3/c1-22(12-15-3-2-4-17(21)11-15)20(26)16-7-5-14(6-8-16)13-23-18(24)9-10-19(23)25/h2-8,11H,9-10,12-13H2,1H3. The molecule has 1 aliphatic heterocycles. The molecule has 0 aromatic heterocycles. The normalized spacial score (nSPS) is 14.0. The first-order chi connectivity index (χ1) is 12.4. The lowest BCUT2D eigenvalue weighted by Crippen LogP contribution is -2.28. The molecule has 5 nitrogen and oxygen atoms in total. The van der Waals surface area contributed by atoms with Crippen LogP contribution in [0.15, 0.2) is 48.5 Å². The number of benzene rings is 2. The molecule has 0 aliphatic carbocycles. The van der Waals surface area contributed by atoms with Crippen molar-refractivity contribution in [2.24, 2.45) is 0 Å². The molecule has 0 saturated carbocycles. The molecule has 0 radical (unpaired) electrons. The molecule has 134 valence electrons. The Morgan fingerprint density at radius 2 is 1.69 bits per heavy atom. The average molecular weight is 371 g/mol. The summed E-state index contributed by atoms with van der Waals surface area (Å²) in [7, 11) is 1.73. The molecule has 0 spiro atoms. The summed E-state index contributed by atoms with van der Waals surface area (Å²) in [5.41, 5.74) is 2.33. The third kappa shape index (κ3) is 4.11. The van der Waals surface area contributed by atoms with Gasteiger partial charge < -0.3 is 4.90 Å². The lowest BCUT2D eigenvalue weighted by molar-refractivity contribution is -0.139. The zero-order chi connectivity index (χ0) is 18.7. The molecular formula is C20H19ClN2O3. The number of rotatable bonds is 5. The van der Waals surface area contributed by atoms with Crippen LogP contribution in [0, 0.1) is 0 Å². The Kier molecular flexibility index (Phi) is 5.38. The van der Waals surface area contributed by atoms with E-state index >= 15 is 0 Å². The maximum Gasteiger partial charge on any atom is 0.253 e. The van der Waals surface area contributed by atoms with Crippen molar-refractivity contribution in [2.75, 3.05) is 7.05 Å². The topological polar surface area (TPSA) is 57.7 Å². The van der Waals surface area contributed by atoms with Crippen molar-refractivity contribution in [1.29, 1.82) is 0 Å². The van der Waals surface area contributed by atoms with E-state index in [-0.39, 0.29) is 37.1 Å². The monoisotopic (exact) mass is 370 g/mol. The van der Waals surface area contributed by atoms with Gasteiger partial charge in [0.05, 0.1) is 6.54 Å². The van der Waals surface area contributed by atoms with Crippen molar-refractivity contribution in [2.45, 2.75) is 25.9 Å². The summed E-state index contributed by atoms with van der Waals surface area (Å²) >= 11 is 5.98. The van der Waals surface area contributed by atoms with E-state index < -0.39 is 0 Å². The molecule has 0 N–H and O–H groups in total. The summed E-state index contributed by atoms with van der Waals surface area (Å²) < 4.78 is 0. The van der Waals surface area contributed by atoms with E-state index in [4.69, 9.17) is 11.6 Å². The van der Waals surface area contributed by atoms with E-state index in [0.29, 0.717) is 17.1 Å². The van der Waals surface area contributed by atoms with Crippen molar-refractivity contribution < 1.29 is 14.4 Å². The van der Waals surface area contributed by atoms with Crippen LogP contribution in [0.1, 0.15) is 34.3 Å². The van der Waals surface area contributed by atoms with Crippen LogP contribution in [0.5, 0.6) is 0 Å². The molecule has 0 atom stereocenters. The van der Waals surface area contributed by atoms with Gasteiger partial charge in [0, 0.05) is 37.0 Å². The molecular weight excluding hydrogens is 352 g/mol. The molecule has 26 heavy (non-hydrogen) atoms. The van der Waals surface area contributed by atoms with Crippen LogP contribution >= 0.6 is 11.6 Å². The SMILES string of the molecule is CN(Cc1cccc(Cl)c1)C(=O)c1ccc(CN2C(=O)CCC2=O)cc1. The van der Waals surface area contributed by atoms with Gasteiger partial charge in [0.2, 0.25) is 11.8 Å². The molecule has 6 heteroatoms. The lowest BCUT2D eigenvalue weighted by atomic mass is 10.1. The van der Waals surface area contributed by atoms with Crippen LogP contribution in [-0.4, -0.2) is 34.6 Å². The Morgan fingerprint density at radius 3 is 2.31 bits per heavy atom. The van der Waals surface area contributed by atoms with Crippen molar-refractivity contribution in [1.82, 2.24) is 9.80 Å². The Hall–Kier alpha value is -2.66. The average Bonchev–Trinajstić information content (AvgIpc) is 2.94. The van der Waals surface area contributed by atoms with E-state index in [0.717, 1.165) is 11.1 Å². The van der Waals surface area contributed by atoms with Crippen LogP contribution in [0.25, 0.3) is 0 Å². The third-order valence-corrected chi connectivity index (χ3v) is 4.59. The molecule has 1 saturated heterocycles. The molecule has 2 aromatic carbocycles. The number of hydrogen-bond acceptors (Lipinski definition) is 3. The molecule has 3 rings (SSSR count). The molecule has 1 heterocycles. The first-order valence-corrected chi connectivity index (χ1v) is 8.74. The van der Waals surface area contributed by atoms with Crippen LogP contribution < -0.4 is 0 Å². The van der Waals surface area contributed by atoms with E-state index in [9.17, 15) is 14.4 Å². The number of carbonyl (C=O) groups excluding carboxylic acids is 3. The molecule has 0 bridgehead atoms. The quantitative estimate of drug-likeness (QED) is 0.759. The first kappa shape index (κ1) is 18.1. The fourth-order valence-electron chi connectivity index (χ4n) is 2.94. The summed E-state index contributed by atoms with van der Waals surface area (Å²) in [6, 6.07) is 14.4. The van der Waals surface area contributed by atoms with Gasteiger partial charge in [-0.1, -0.05) is 35.9 Å². The number of imide groups is 1. The summed E-state index contributed by atoms with van der Waals surface area (Å²) in [5.74, 6) is -0.391. The molecule has 2 aromatic rings. The summed E-state index contributed by atoms with van der Waals surface area (Å²) in [5, 5.41) is 0.638. The second-order valence-corrected chi connectivity index (χ2v) is 6.80. The Bertz CT molecular complexity index is 832. The minimum Gasteiger partial charge on any atom is -0.337 e. The van der Waals surface area contributed by atoms with Gasteiger partial charge in [-0.05, 0) is 35.4 Å². The van der Waals surface area contributed by atoms with E-state index in [1.54, 1.807) is 42.3 Å². The number of halogens is 1. The van der Waals surface area contributed by atoms with Crippen LogP contribution in [-0.2, 0) is 22.7 Å². The number of likely N-dealkylation sites (tertiary alicyclic amines) is 1. The number of nitrogens with zero attached hydrogens (tertiary/aromatic N) is 2. The predicted molar refractivity (Wildman–Crippen MR) is 98.5 cm³/mol. The van der Waals surface area contributed by atoms with Gasteiger partial charge in [-0.25, -0.2) is 0 Å². The third-order valence-electron chi connectivity index (χ3n) is 4.35. The highest BCUT2D eigenvalue weighted by molar-refractivity contribution is 6.30. The smallest absolute Gasteiger partial charge is 0.253 e. The maximum absolute atomic E-state index is 12.6. The lowest BCUT2D eigenvalue weighted by Gasteiger charge is -2.18. The van der Waals surface area contributed by atoms with Gasteiger partial charge in [0.25, 0.3) is 5.91 Å². The first-order valence-electron chi connectivity index (χ1n) is 8.36. The van der Waals surface area contributed by atoms with Crippen molar-refractivity contribution in [3.05, 3.63) is 70.2 Å². The fourth-order valence-corrected chi connectivity index (χ4v) is 3.15. The predicted octanol–water partition coefficient (Wildman–Crippen LogP) is 3.26. The number of amides is 3. The van der Waals surface area contributed by atoms with Gasteiger partial charge in [-0.15, -0.1) is 0 Å². The Balaban J connectivity index is 1.64. The van der Waals surface area contributed by atoms with Gasteiger partial charge >= 0.3 is 0 Å². The minimum atomic E-state index is -0.142. The second-order valence-electron chi connectivity index (χ2n) is 6.36. The second kappa shape index (κ2) is 7.70. The highest BCUT2D eigenvalue weighted by Crippen LogP contribution is 2.17. The maximum atomic E-state index is 12.6. The van der Waals surface area contributed by atoms with Crippen LogP contribution in [0.2, 0.25) is 5.02 Å². The van der Waals surface area contributed by atoms with Crippen molar-refractivity contribution in [3.8, 4) is 0 Å². The Labute approximate surface area is 157 Å². The van der Waals surface area contributed by atoms with Crippen molar-refractivity contribution >= 4 is 29.3 Å². The summed E-state index contributed by atoms with van der Waals surface area (Å²) in [6.45, 7) is 0.711. The van der Waals surface area contributed by atoms with Gasteiger partial charge in [-0.3, -0.25) is 19.3 Å². The van der Waals surface area contributed by atoms with Gasteiger partial charge in [0.15, 0.2) is 0 Å². The largest absolute Gasteiger partial charge is 0.337 e. The highest BCUT2D eigenvalue weighted by atomic mass is 35.5. The van der Waals surface area contributed by atoms with E-state index in [1.165, 1.54) is 4.90 Å². The Morgan fingerprint density at radius 1 is 1.04 bits per heavy atom.